The SMILES string of the molecule is CCOC(=O)[C@H](NC(C)=O)c1cc2c(cc1O)OCO2. The number of phenols is 1. The van der Waals surface area contributed by atoms with Crippen LogP contribution >= 0.6 is 0 Å². The van der Waals surface area contributed by atoms with Crippen molar-refractivity contribution in [2.75, 3.05) is 13.4 Å². The van der Waals surface area contributed by atoms with Gasteiger partial charge in [-0.15, -0.1) is 0 Å². The van der Waals surface area contributed by atoms with Crippen LogP contribution in [0.5, 0.6) is 17.2 Å². The van der Waals surface area contributed by atoms with Gasteiger partial charge in [0.25, 0.3) is 0 Å². The van der Waals surface area contributed by atoms with Gasteiger partial charge in [-0.05, 0) is 13.0 Å². The lowest BCUT2D eigenvalue weighted by Gasteiger charge is -2.18. The Labute approximate surface area is 115 Å². The van der Waals surface area contributed by atoms with E-state index in [4.69, 9.17) is 14.2 Å². The number of benzene rings is 1. The molecule has 0 radical (unpaired) electrons. The standard InChI is InChI=1S/C13H15NO6/c1-3-18-13(17)12(14-7(2)15)8-4-10-11(5-9(8)16)20-6-19-10/h4-5,12,16H,3,6H2,1-2H3,(H,14,15)/t12-/m1/s1. The molecule has 1 heterocycles. The number of carbonyl (C=O) groups is 2. The number of aromatic hydroxyl groups is 1. The van der Waals surface area contributed by atoms with E-state index in [1.54, 1.807) is 6.92 Å². The van der Waals surface area contributed by atoms with Gasteiger partial charge in [-0.3, -0.25) is 4.79 Å². The molecule has 0 bridgehead atoms. The number of hydrogen-bond donors (Lipinski definition) is 2. The largest absolute Gasteiger partial charge is 0.507 e. The van der Waals surface area contributed by atoms with Crippen LogP contribution in [0, 0.1) is 0 Å². The molecular formula is C13H15NO6. The summed E-state index contributed by atoms with van der Waals surface area (Å²) in [7, 11) is 0. The third-order valence-electron chi connectivity index (χ3n) is 2.70. The summed E-state index contributed by atoms with van der Waals surface area (Å²) in [6, 6.07) is 1.70. The summed E-state index contributed by atoms with van der Waals surface area (Å²) in [6.45, 7) is 3.14. The molecule has 0 saturated carbocycles. The Hall–Kier alpha value is -2.44. The minimum atomic E-state index is -1.10. The zero-order valence-electron chi connectivity index (χ0n) is 11.1. The van der Waals surface area contributed by atoms with Gasteiger partial charge in [-0.1, -0.05) is 0 Å². The number of carbonyl (C=O) groups excluding carboxylic acids is 2. The van der Waals surface area contributed by atoms with E-state index in [0.29, 0.717) is 11.5 Å². The van der Waals surface area contributed by atoms with Gasteiger partial charge in [0.15, 0.2) is 17.5 Å². The lowest BCUT2D eigenvalue weighted by molar-refractivity contribution is -0.147. The minimum Gasteiger partial charge on any atom is -0.507 e. The summed E-state index contributed by atoms with van der Waals surface area (Å²) in [5, 5.41) is 12.4. The lowest BCUT2D eigenvalue weighted by Crippen LogP contribution is -2.33. The first-order chi connectivity index (χ1) is 9.52. The predicted molar refractivity (Wildman–Crippen MR) is 67.4 cm³/mol. The average Bonchev–Trinajstić information content (AvgIpc) is 2.82. The fourth-order valence-electron chi connectivity index (χ4n) is 1.87. The van der Waals surface area contributed by atoms with Crippen molar-refractivity contribution in [3.05, 3.63) is 17.7 Å². The summed E-state index contributed by atoms with van der Waals surface area (Å²) in [6.07, 6.45) is 0. The Balaban J connectivity index is 2.37. The van der Waals surface area contributed by atoms with Gasteiger partial charge in [0.05, 0.1) is 6.61 Å². The molecule has 7 nitrogen and oxygen atoms in total. The molecule has 1 aliphatic heterocycles. The van der Waals surface area contributed by atoms with Crippen molar-refractivity contribution < 1.29 is 28.9 Å². The molecule has 0 aromatic heterocycles. The number of esters is 1. The highest BCUT2D eigenvalue weighted by atomic mass is 16.7. The van der Waals surface area contributed by atoms with Crippen LogP contribution in [0.4, 0.5) is 0 Å². The predicted octanol–water partition coefficient (Wildman–Crippen LogP) is 0.861. The normalized spacial score (nSPS) is 13.7. The van der Waals surface area contributed by atoms with E-state index in [1.165, 1.54) is 19.1 Å². The van der Waals surface area contributed by atoms with E-state index in [2.05, 4.69) is 5.32 Å². The van der Waals surface area contributed by atoms with Crippen LogP contribution in [-0.4, -0.2) is 30.4 Å². The molecule has 2 rings (SSSR count). The van der Waals surface area contributed by atoms with E-state index in [-0.39, 0.29) is 24.7 Å². The van der Waals surface area contributed by atoms with Crippen LogP contribution in [-0.2, 0) is 14.3 Å². The second-order valence-electron chi connectivity index (χ2n) is 4.15. The quantitative estimate of drug-likeness (QED) is 0.795. The minimum absolute atomic E-state index is 0.0441. The molecule has 1 atom stereocenters. The molecule has 1 aromatic carbocycles. The summed E-state index contributed by atoms with van der Waals surface area (Å²) in [5.41, 5.74) is 0.197. The molecule has 0 unspecified atom stereocenters. The van der Waals surface area contributed by atoms with Gasteiger partial charge >= 0.3 is 5.97 Å². The third-order valence-corrected chi connectivity index (χ3v) is 2.70. The molecule has 7 heteroatoms. The van der Waals surface area contributed by atoms with Gasteiger partial charge in [0.2, 0.25) is 12.7 Å². The average molecular weight is 281 g/mol. The van der Waals surface area contributed by atoms with Crippen LogP contribution in [0.2, 0.25) is 0 Å². The van der Waals surface area contributed by atoms with Crippen molar-refractivity contribution in [2.24, 2.45) is 0 Å². The highest BCUT2D eigenvalue weighted by molar-refractivity contribution is 5.85. The maximum absolute atomic E-state index is 11.9. The fourth-order valence-corrected chi connectivity index (χ4v) is 1.87. The molecule has 0 aliphatic carbocycles. The topological polar surface area (TPSA) is 94.1 Å². The van der Waals surface area contributed by atoms with Crippen LogP contribution in [0.3, 0.4) is 0 Å². The monoisotopic (exact) mass is 281 g/mol. The van der Waals surface area contributed by atoms with Crippen molar-refractivity contribution in [3.8, 4) is 17.2 Å². The Bertz CT molecular complexity index is 542. The van der Waals surface area contributed by atoms with E-state index in [9.17, 15) is 14.7 Å². The molecule has 108 valence electrons. The summed E-state index contributed by atoms with van der Waals surface area (Å²) in [5.74, 6) is -0.466. The van der Waals surface area contributed by atoms with Crippen LogP contribution in [0.1, 0.15) is 25.5 Å². The number of amides is 1. The van der Waals surface area contributed by atoms with Gasteiger partial charge < -0.3 is 24.6 Å². The molecule has 1 amide bonds. The summed E-state index contributed by atoms with van der Waals surface area (Å²) in [4.78, 5) is 23.1. The molecule has 0 spiro atoms. The first-order valence-electron chi connectivity index (χ1n) is 6.09. The van der Waals surface area contributed by atoms with Crippen molar-refractivity contribution in [1.29, 1.82) is 0 Å². The number of rotatable bonds is 4. The van der Waals surface area contributed by atoms with Crippen molar-refractivity contribution in [2.45, 2.75) is 19.9 Å². The molecule has 20 heavy (non-hydrogen) atoms. The molecule has 0 saturated heterocycles. The second-order valence-corrected chi connectivity index (χ2v) is 4.15. The van der Waals surface area contributed by atoms with Gasteiger partial charge in [-0.25, -0.2) is 4.79 Å². The van der Waals surface area contributed by atoms with Crippen LogP contribution < -0.4 is 14.8 Å². The van der Waals surface area contributed by atoms with Crippen molar-refractivity contribution in [3.63, 3.8) is 0 Å². The van der Waals surface area contributed by atoms with Gasteiger partial charge in [-0.2, -0.15) is 0 Å². The first-order valence-corrected chi connectivity index (χ1v) is 6.09. The smallest absolute Gasteiger partial charge is 0.333 e. The van der Waals surface area contributed by atoms with Gasteiger partial charge in [0, 0.05) is 18.6 Å². The first kappa shape index (κ1) is 14.0. The zero-order valence-corrected chi connectivity index (χ0v) is 11.1. The maximum atomic E-state index is 11.9. The number of ether oxygens (including phenoxy) is 3. The van der Waals surface area contributed by atoms with Crippen LogP contribution in [0.25, 0.3) is 0 Å². The fraction of sp³-hybridized carbons (Fsp3) is 0.385. The number of nitrogens with one attached hydrogen (secondary N) is 1. The van der Waals surface area contributed by atoms with E-state index < -0.39 is 17.9 Å². The van der Waals surface area contributed by atoms with Gasteiger partial charge in [0.1, 0.15) is 5.75 Å². The third kappa shape index (κ3) is 2.76. The molecule has 2 N–H and O–H groups in total. The Morgan fingerprint density at radius 3 is 2.65 bits per heavy atom. The maximum Gasteiger partial charge on any atom is 0.333 e. The molecular weight excluding hydrogens is 266 g/mol. The number of hydrogen-bond acceptors (Lipinski definition) is 6. The molecule has 1 aliphatic rings. The zero-order chi connectivity index (χ0) is 14.7. The number of phenolic OH excluding ortho intramolecular Hbond substituents is 1. The Morgan fingerprint density at radius 2 is 2.05 bits per heavy atom. The molecule has 1 aromatic rings. The summed E-state index contributed by atoms with van der Waals surface area (Å²) >= 11 is 0. The lowest BCUT2D eigenvalue weighted by atomic mass is 10.0. The Kier molecular flexibility index (Phi) is 3.97. The van der Waals surface area contributed by atoms with Crippen molar-refractivity contribution in [1.82, 2.24) is 5.32 Å². The van der Waals surface area contributed by atoms with Crippen molar-refractivity contribution >= 4 is 11.9 Å². The number of fused-ring (bicyclic) bond motifs is 1. The summed E-state index contributed by atoms with van der Waals surface area (Å²) < 4.78 is 15.2. The Morgan fingerprint density at radius 1 is 1.40 bits per heavy atom. The van der Waals surface area contributed by atoms with Crippen LogP contribution in [0.15, 0.2) is 12.1 Å². The highest BCUT2D eigenvalue weighted by Crippen LogP contribution is 2.40. The second kappa shape index (κ2) is 5.68. The van der Waals surface area contributed by atoms with E-state index in [0.717, 1.165) is 0 Å². The van der Waals surface area contributed by atoms with E-state index in [1.807, 2.05) is 0 Å². The van der Waals surface area contributed by atoms with E-state index >= 15 is 0 Å². The molecule has 0 fully saturated rings. The highest BCUT2D eigenvalue weighted by Gasteiger charge is 2.28.